The molecule has 0 amide bonds. The molecule has 0 heterocycles. The number of ether oxygens (including phenoxy) is 1. The quantitative estimate of drug-likeness (QED) is 0.187. The molecule has 0 saturated heterocycles. The van der Waals surface area contributed by atoms with E-state index in [1.54, 1.807) is 12.1 Å². The van der Waals surface area contributed by atoms with Gasteiger partial charge in [0.1, 0.15) is 12.4 Å². The van der Waals surface area contributed by atoms with Crippen LogP contribution in [-0.2, 0) is 23.7 Å². The van der Waals surface area contributed by atoms with Gasteiger partial charge in [-0.15, -0.1) is 0 Å². The molecule has 0 N–H and O–H groups in total. The molecule has 3 heteroatoms. The fraction of sp³-hybridized carbons (Fsp3) is 0.0741. The van der Waals surface area contributed by atoms with Crippen LogP contribution >= 0.6 is 0 Å². The fourth-order valence-electron chi connectivity index (χ4n) is 2.44. The van der Waals surface area contributed by atoms with E-state index in [1.807, 2.05) is 55.5 Å². The Kier molecular flexibility index (Phi) is 9.60. The van der Waals surface area contributed by atoms with Gasteiger partial charge < -0.3 is 81.8 Å². The smallest absolute Gasteiger partial charge is 0.128 e. The van der Waals surface area contributed by atoms with Crippen molar-refractivity contribution < 1.29 is 26.6 Å². The molecular formula is C27H16FeO2-10. The number of carbonyl (C=O) groups excluding carboxylic acids is 1. The van der Waals surface area contributed by atoms with Gasteiger partial charge in [-0.25, -0.2) is 0 Å². The standard InChI is InChI=1S/C22H15O2.C5H.Fe/c1-17-11-14-22(24-16-19-9-3-2-4-10-19)20(15-17)21(23)13-12-18-7-5-6-8-18;1-2-4-5-3-1;/h2-4,9-15H,16H2,1H3;1H;/q2*-5;/b13-12+;;. The third-order valence-corrected chi connectivity index (χ3v) is 3.85. The number of ketones is 1. The number of hydrogen-bond acceptors (Lipinski definition) is 2. The normalized spacial score (nSPS) is 10.0. The Hall–Kier alpha value is -3.13. The summed E-state index contributed by atoms with van der Waals surface area (Å²) in [6.07, 6.45) is 3.15. The van der Waals surface area contributed by atoms with Crippen molar-refractivity contribution in [3.05, 3.63) is 131 Å². The second-order valence-electron chi connectivity index (χ2n) is 6.07. The topological polar surface area (TPSA) is 26.3 Å². The maximum Gasteiger partial charge on any atom is 0.128 e. The third kappa shape index (κ3) is 7.36. The summed E-state index contributed by atoms with van der Waals surface area (Å²) in [7, 11) is 0. The van der Waals surface area contributed by atoms with Crippen LogP contribution in [0.25, 0.3) is 6.08 Å². The minimum atomic E-state index is -0.121. The largest absolute Gasteiger partial charge is 0.999 e. The van der Waals surface area contributed by atoms with Crippen LogP contribution in [0.15, 0.2) is 60.7 Å². The van der Waals surface area contributed by atoms with Gasteiger partial charge in [-0.05, 0) is 24.6 Å². The van der Waals surface area contributed by atoms with Crippen molar-refractivity contribution in [2.24, 2.45) is 0 Å². The van der Waals surface area contributed by atoms with E-state index in [-0.39, 0.29) is 22.9 Å². The molecule has 30 heavy (non-hydrogen) atoms. The van der Waals surface area contributed by atoms with Crippen LogP contribution in [0.1, 0.15) is 27.0 Å². The summed E-state index contributed by atoms with van der Waals surface area (Å²) in [5.41, 5.74) is 3.26. The van der Waals surface area contributed by atoms with E-state index < -0.39 is 0 Å². The zero-order valence-electron chi connectivity index (χ0n) is 16.2. The first-order valence-corrected chi connectivity index (χ1v) is 8.94. The molecule has 4 aromatic carbocycles. The summed E-state index contributed by atoms with van der Waals surface area (Å²) in [6.45, 7) is 2.37. The van der Waals surface area contributed by atoms with Crippen LogP contribution in [0.2, 0.25) is 0 Å². The Morgan fingerprint density at radius 1 is 1.03 bits per heavy atom. The summed E-state index contributed by atoms with van der Waals surface area (Å²) in [5.74, 6) is 0.456. The Bertz CT molecular complexity index is 997. The van der Waals surface area contributed by atoms with Gasteiger partial charge in [-0.3, -0.25) is 0 Å². The number of allylic oxidation sites excluding steroid dienone is 1. The first-order valence-electron chi connectivity index (χ1n) is 8.94. The Labute approximate surface area is 189 Å². The molecule has 0 atom stereocenters. The number of carbonyl (C=O) groups is 1. The van der Waals surface area contributed by atoms with E-state index in [0.29, 0.717) is 23.5 Å². The molecule has 0 aliphatic carbocycles. The molecule has 0 saturated carbocycles. The number of hydrogen-bond donors (Lipinski definition) is 0. The summed E-state index contributed by atoms with van der Waals surface area (Å²) in [4.78, 5) is 12.5. The molecule has 2 nitrogen and oxygen atoms in total. The van der Waals surface area contributed by atoms with Gasteiger partial charge >= 0.3 is 0 Å². The van der Waals surface area contributed by atoms with Gasteiger partial charge in [-0.2, -0.15) is 0 Å². The van der Waals surface area contributed by atoms with Crippen LogP contribution in [0, 0.1) is 55.5 Å². The molecule has 0 unspecified atom stereocenters. The summed E-state index contributed by atoms with van der Waals surface area (Å²) >= 11 is 0. The average Bonchev–Trinajstić information content (AvgIpc) is 3.48. The minimum absolute atomic E-state index is 0. The molecule has 154 valence electrons. The van der Waals surface area contributed by atoms with Crippen molar-refractivity contribution in [1.82, 2.24) is 0 Å². The second kappa shape index (κ2) is 12.4. The van der Waals surface area contributed by atoms with Crippen molar-refractivity contribution in [2.75, 3.05) is 0 Å². The predicted octanol–water partition coefficient (Wildman–Crippen LogP) is 4.99. The van der Waals surface area contributed by atoms with Crippen LogP contribution in [0.3, 0.4) is 0 Å². The van der Waals surface area contributed by atoms with Gasteiger partial charge in [0.05, 0.1) is 0 Å². The van der Waals surface area contributed by atoms with Crippen LogP contribution in [0.4, 0.5) is 0 Å². The van der Waals surface area contributed by atoms with Gasteiger partial charge in [-0.1, -0.05) is 42.0 Å². The van der Waals surface area contributed by atoms with E-state index in [2.05, 4.69) is 48.5 Å². The maximum absolute atomic E-state index is 12.5. The zero-order valence-corrected chi connectivity index (χ0v) is 17.3. The van der Waals surface area contributed by atoms with Crippen LogP contribution in [0.5, 0.6) is 5.75 Å². The van der Waals surface area contributed by atoms with E-state index >= 15 is 0 Å². The molecule has 4 aromatic rings. The number of benzene rings is 2. The SMILES string of the molecule is Cc1ccc(OCc2ccccc2)c(C(=O)/C=C/[c-]2[c-][c-][c-][c-]2)c1.[Fe].[c-]1[c-][c-][cH-][c-]1. The van der Waals surface area contributed by atoms with E-state index in [1.165, 1.54) is 6.08 Å². The first kappa shape index (κ1) is 23.2. The van der Waals surface area contributed by atoms with Gasteiger partial charge in [0.2, 0.25) is 0 Å². The van der Waals surface area contributed by atoms with Crippen LogP contribution in [-0.4, -0.2) is 5.78 Å². The first-order chi connectivity index (χ1) is 14.2. The molecule has 0 aromatic heterocycles. The molecule has 4 rings (SSSR count). The molecular weight excluding hydrogens is 412 g/mol. The van der Waals surface area contributed by atoms with Crippen molar-refractivity contribution >= 4 is 11.9 Å². The molecule has 0 radical (unpaired) electrons. The fourth-order valence-corrected chi connectivity index (χ4v) is 2.44. The zero-order chi connectivity index (χ0) is 20.3. The summed E-state index contributed by atoms with van der Waals surface area (Å²) in [5, 5.41) is 0. The molecule has 0 bridgehead atoms. The Morgan fingerprint density at radius 2 is 1.73 bits per heavy atom. The third-order valence-electron chi connectivity index (χ3n) is 3.85. The van der Waals surface area contributed by atoms with Gasteiger partial charge in [0.15, 0.2) is 0 Å². The Balaban J connectivity index is 0.000000468. The average molecular weight is 428 g/mol. The van der Waals surface area contributed by atoms with E-state index in [4.69, 9.17) is 4.74 Å². The maximum atomic E-state index is 12.5. The molecule has 0 fully saturated rings. The molecule has 0 aliphatic rings. The van der Waals surface area contributed by atoms with Gasteiger partial charge in [0, 0.05) is 28.4 Å². The molecule has 0 spiro atoms. The number of aryl methyl sites for hydroxylation is 1. The predicted molar refractivity (Wildman–Crippen MR) is 110 cm³/mol. The number of rotatable bonds is 6. The van der Waals surface area contributed by atoms with Crippen molar-refractivity contribution in [2.45, 2.75) is 13.5 Å². The Morgan fingerprint density at radius 3 is 2.37 bits per heavy atom. The summed E-state index contributed by atoms with van der Waals surface area (Å²) in [6, 6.07) is 38.4. The van der Waals surface area contributed by atoms with Gasteiger partial charge in [0.25, 0.3) is 0 Å². The van der Waals surface area contributed by atoms with E-state index in [9.17, 15) is 4.79 Å². The van der Waals surface area contributed by atoms with Crippen molar-refractivity contribution in [3.63, 3.8) is 0 Å². The van der Waals surface area contributed by atoms with Crippen molar-refractivity contribution in [1.29, 1.82) is 0 Å². The molecule has 0 aliphatic heterocycles. The minimum Gasteiger partial charge on any atom is -0.999 e. The monoisotopic (exact) mass is 428 g/mol. The second-order valence-corrected chi connectivity index (χ2v) is 6.07. The summed E-state index contributed by atoms with van der Waals surface area (Å²) < 4.78 is 5.85. The van der Waals surface area contributed by atoms with Crippen molar-refractivity contribution in [3.8, 4) is 5.75 Å². The van der Waals surface area contributed by atoms with E-state index in [0.717, 1.165) is 11.1 Å². The van der Waals surface area contributed by atoms with Crippen LogP contribution < -0.4 is 4.74 Å².